The molecule has 0 radical (unpaired) electrons. The standard InChI is InChI=1S/C17H9FO3/c18-11-6-7-14-12(8-11)16-13(17(19)21-14)9-15(20-16)10-4-2-1-3-5-10/h1-9H. The van der Waals surface area contributed by atoms with Gasteiger partial charge in [-0.1, -0.05) is 30.3 Å². The van der Waals surface area contributed by atoms with E-state index in [2.05, 4.69) is 0 Å². The summed E-state index contributed by atoms with van der Waals surface area (Å²) in [6.45, 7) is 0. The van der Waals surface area contributed by atoms with Gasteiger partial charge in [0.2, 0.25) is 0 Å². The van der Waals surface area contributed by atoms with Gasteiger partial charge in [-0.25, -0.2) is 9.18 Å². The minimum absolute atomic E-state index is 0.308. The Morgan fingerprint density at radius 3 is 2.48 bits per heavy atom. The number of hydrogen-bond acceptors (Lipinski definition) is 3. The Balaban J connectivity index is 2.11. The van der Waals surface area contributed by atoms with Crippen molar-refractivity contribution in [1.82, 2.24) is 0 Å². The van der Waals surface area contributed by atoms with E-state index >= 15 is 0 Å². The fraction of sp³-hybridized carbons (Fsp3) is 0. The molecule has 0 aliphatic heterocycles. The predicted molar refractivity (Wildman–Crippen MR) is 77.7 cm³/mol. The first-order chi connectivity index (χ1) is 10.2. The normalized spacial score (nSPS) is 11.3. The Bertz CT molecular complexity index is 1010. The van der Waals surface area contributed by atoms with Crippen molar-refractivity contribution in [2.75, 3.05) is 0 Å². The lowest BCUT2D eigenvalue weighted by molar-refractivity contribution is 0.562. The molecule has 4 aromatic rings. The molecule has 0 unspecified atom stereocenters. The molecule has 0 bridgehead atoms. The highest BCUT2D eigenvalue weighted by Gasteiger charge is 2.14. The summed E-state index contributed by atoms with van der Waals surface area (Å²) in [5.74, 6) is 0.143. The molecule has 4 rings (SSSR count). The third-order valence-electron chi connectivity index (χ3n) is 3.40. The van der Waals surface area contributed by atoms with Crippen LogP contribution in [0.2, 0.25) is 0 Å². The van der Waals surface area contributed by atoms with Gasteiger partial charge < -0.3 is 8.83 Å². The van der Waals surface area contributed by atoms with E-state index in [1.54, 1.807) is 6.07 Å². The second-order valence-corrected chi connectivity index (χ2v) is 4.75. The van der Waals surface area contributed by atoms with Crippen LogP contribution in [0, 0.1) is 5.82 Å². The minimum Gasteiger partial charge on any atom is -0.455 e. The van der Waals surface area contributed by atoms with Crippen molar-refractivity contribution in [2.45, 2.75) is 0 Å². The molecule has 0 fully saturated rings. The molecule has 0 saturated heterocycles. The summed E-state index contributed by atoms with van der Waals surface area (Å²) in [6, 6.07) is 15.0. The molecule has 0 saturated carbocycles. The molecule has 0 amide bonds. The summed E-state index contributed by atoms with van der Waals surface area (Å²) in [4.78, 5) is 12.0. The highest BCUT2D eigenvalue weighted by atomic mass is 19.1. The molecular weight excluding hydrogens is 271 g/mol. The largest absolute Gasteiger partial charge is 0.455 e. The van der Waals surface area contributed by atoms with Gasteiger partial charge in [-0.2, -0.15) is 0 Å². The van der Waals surface area contributed by atoms with Gasteiger partial charge in [0.05, 0.1) is 5.39 Å². The Morgan fingerprint density at radius 1 is 0.857 bits per heavy atom. The van der Waals surface area contributed by atoms with Crippen LogP contribution < -0.4 is 5.63 Å². The zero-order valence-electron chi connectivity index (χ0n) is 10.8. The van der Waals surface area contributed by atoms with Crippen molar-refractivity contribution >= 4 is 21.9 Å². The molecule has 0 aliphatic rings. The first-order valence-electron chi connectivity index (χ1n) is 6.44. The maximum Gasteiger partial charge on any atom is 0.347 e. The van der Waals surface area contributed by atoms with Gasteiger partial charge >= 0.3 is 5.63 Å². The van der Waals surface area contributed by atoms with Crippen molar-refractivity contribution in [2.24, 2.45) is 0 Å². The summed E-state index contributed by atoms with van der Waals surface area (Å²) < 4.78 is 24.4. The summed E-state index contributed by atoms with van der Waals surface area (Å²) in [7, 11) is 0. The van der Waals surface area contributed by atoms with Gasteiger partial charge in [0.25, 0.3) is 0 Å². The van der Waals surface area contributed by atoms with E-state index in [0.29, 0.717) is 27.7 Å². The maximum absolute atomic E-state index is 13.4. The highest BCUT2D eigenvalue weighted by Crippen LogP contribution is 2.31. The van der Waals surface area contributed by atoms with Gasteiger partial charge in [-0.05, 0) is 24.3 Å². The van der Waals surface area contributed by atoms with Crippen LogP contribution in [0.3, 0.4) is 0 Å². The summed E-state index contributed by atoms with van der Waals surface area (Å²) in [5, 5.41) is 0.763. The molecule has 21 heavy (non-hydrogen) atoms. The molecule has 2 heterocycles. The SMILES string of the molecule is O=c1oc2ccc(F)cc2c2oc(-c3ccccc3)cc12. The third-order valence-corrected chi connectivity index (χ3v) is 3.40. The van der Waals surface area contributed by atoms with Gasteiger partial charge in [0, 0.05) is 5.56 Å². The van der Waals surface area contributed by atoms with E-state index in [0.717, 1.165) is 5.56 Å². The van der Waals surface area contributed by atoms with Gasteiger partial charge in [0.1, 0.15) is 22.5 Å². The van der Waals surface area contributed by atoms with E-state index in [4.69, 9.17) is 8.83 Å². The monoisotopic (exact) mass is 280 g/mol. The Labute approximate surface area is 118 Å². The van der Waals surface area contributed by atoms with Crippen LogP contribution in [0.4, 0.5) is 4.39 Å². The van der Waals surface area contributed by atoms with Crippen LogP contribution in [0.1, 0.15) is 0 Å². The lowest BCUT2D eigenvalue weighted by Gasteiger charge is -1.97. The smallest absolute Gasteiger partial charge is 0.347 e. The Kier molecular flexibility index (Phi) is 2.44. The second kappa shape index (κ2) is 4.31. The van der Waals surface area contributed by atoms with E-state index < -0.39 is 11.4 Å². The molecule has 2 aromatic heterocycles. The number of rotatable bonds is 1. The van der Waals surface area contributed by atoms with Crippen molar-refractivity contribution in [3.05, 3.63) is 70.8 Å². The van der Waals surface area contributed by atoms with E-state index in [1.807, 2.05) is 30.3 Å². The average Bonchev–Trinajstić information content (AvgIpc) is 2.95. The van der Waals surface area contributed by atoms with Gasteiger partial charge in [0.15, 0.2) is 5.58 Å². The first-order valence-corrected chi connectivity index (χ1v) is 6.44. The van der Waals surface area contributed by atoms with Crippen molar-refractivity contribution in [1.29, 1.82) is 0 Å². The number of hydrogen-bond donors (Lipinski definition) is 0. The zero-order valence-corrected chi connectivity index (χ0v) is 10.8. The van der Waals surface area contributed by atoms with Gasteiger partial charge in [-0.3, -0.25) is 0 Å². The quantitative estimate of drug-likeness (QED) is 0.487. The predicted octanol–water partition coefficient (Wildman–Crippen LogP) is 4.35. The van der Waals surface area contributed by atoms with Crippen molar-refractivity contribution < 1.29 is 13.2 Å². The molecule has 3 nitrogen and oxygen atoms in total. The van der Waals surface area contributed by atoms with E-state index in [9.17, 15) is 9.18 Å². The molecule has 4 heteroatoms. The lowest BCUT2D eigenvalue weighted by Crippen LogP contribution is -1.97. The van der Waals surface area contributed by atoms with Gasteiger partial charge in [-0.15, -0.1) is 0 Å². The first kappa shape index (κ1) is 11.9. The number of fused-ring (bicyclic) bond motifs is 3. The van der Waals surface area contributed by atoms with Crippen LogP contribution in [-0.4, -0.2) is 0 Å². The van der Waals surface area contributed by atoms with Crippen LogP contribution in [0.25, 0.3) is 33.3 Å². The third kappa shape index (κ3) is 1.84. The average molecular weight is 280 g/mol. The van der Waals surface area contributed by atoms with Crippen LogP contribution in [0.15, 0.2) is 68.2 Å². The molecule has 0 atom stereocenters. The molecular formula is C17H9FO3. The maximum atomic E-state index is 13.4. The van der Waals surface area contributed by atoms with Crippen LogP contribution in [-0.2, 0) is 0 Å². The summed E-state index contributed by atoms with van der Waals surface area (Å²) >= 11 is 0. The summed E-state index contributed by atoms with van der Waals surface area (Å²) in [6.07, 6.45) is 0. The topological polar surface area (TPSA) is 43.4 Å². The number of halogens is 1. The highest BCUT2D eigenvalue weighted by molar-refractivity contribution is 6.02. The second-order valence-electron chi connectivity index (χ2n) is 4.75. The molecule has 0 N–H and O–H groups in total. The molecule has 0 aliphatic carbocycles. The molecule has 102 valence electrons. The van der Waals surface area contributed by atoms with E-state index in [1.165, 1.54) is 18.2 Å². The fourth-order valence-corrected chi connectivity index (χ4v) is 2.41. The number of benzene rings is 2. The van der Waals surface area contributed by atoms with Crippen molar-refractivity contribution in [3.63, 3.8) is 0 Å². The molecule has 0 spiro atoms. The van der Waals surface area contributed by atoms with Crippen LogP contribution >= 0.6 is 0 Å². The fourth-order valence-electron chi connectivity index (χ4n) is 2.41. The zero-order chi connectivity index (χ0) is 14.4. The number of furan rings is 1. The Hall–Kier alpha value is -2.88. The van der Waals surface area contributed by atoms with Crippen LogP contribution in [0.5, 0.6) is 0 Å². The Morgan fingerprint density at radius 2 is 1.67 bits per heavy atom. The van der Waals surface area contributed by atoms with E-state index in [-0.39, 0.29) is 0 Å². The molecule has 2 aromatic carbocycles. The van der Waals surface area contributed by atoms with Crippen molar-refractivity contribution in [3.8, 4) is 11.3 Å². The summed E-state index contributed by atoms with van der Waals surface area (Å²) in [5.41, 5.74) is 1.01. The minimum atomic E-state index is -0.491. The lowest BCUT2D eigenvalue weighted by atomic mass is 10.1.